The number of nitrogens with two attached hydrogens (primary N) is 1. The third kappa shape index (κ3) is 3.96. The Balaban J connectivity index is 1.53. The number of nitrogen functional groups attached to an aromatic ring is 1. The van der Waals surface area contributed by atoms with E-state index in [1.54, 1.807) is 0 Å². The molecule has 31 heavy (non-hydrogen) atoms. The number of hydrogen-bond donors (Lipinski definition) is 1. The molecule has 5 heterocycles. The van der Waals surface area contributed by atoms with Gasteiger partial charge in [-0.2, -0.15) is 13.8 Å². The zero-order valence-electron chi connectivity index (χ0n) is 17.4. The molecule has 1 saturated carbocycles. The van der Waals surface area contributed by atoms with Gasteiger partial charge in [0.25, 0.3) is 0 Å². The average molecular weight is 432 g/mol. The van der Waals surface area contributed by atoms with E-state index in [1.807, 2.05) is 6.07 Å². The van der Waals surface area contributed by atoms with E-state index in [2.05, 4.69) is 26.4 Å². The molecular formula is C21H26F2N6O2. The number of hydrogen-bond acceptors (Lipinski definition) is 8. The van der Waals surface area contributed by atoms with Gasteiger partial charge in [-0.05, 0) is 31.2 Å². The molecule has 0 aromatic carbocycles. The third-order valence-electron chi connectivity index (χ3n) is 6.38. The van der Waals surface area contributed by atoms with Gasteiger partial charge >= 0.3 is 6.61 Å². The third-order valence-corrected chi connectivity index (χ3v) is 6.38. The molecule has 166 valence electrons. The summed E-state index contributed by atoms with van der Waals surface area (Å²) in [5.41, 5.74) is 6.88. The van der Waals surface area contributed by atoms with Gasteiger partial charge in [0.05, 0.1) is 18.4 Å². The summed E-state index contributed by atoms with van der Waals surface area (Å²) in [6.45, 7) is 2.20. The van der Waals surface area contributed by atoms with Crippen molar-refractivity contribution in [3.63, 3.8) is 0 Å². The Morgan fingerprint density at radius 1 is 1.26 bits per heavy atom. The van der Waals surface area contributed by atoms with Gasteiger partial charge in [0.2, 0.25) is 5.95 Å². The van der Waals surface area contributed by atoms with Crippen molar-refractivity contribution >= 4 is 17.6 Å². The predicted molar refractivity (Wildman–Crippen MR) is 112 cm³/mol. The molecule has 10 heteroatoms. The van der Waals surface area contributed by atoms with Crippen LogP contribution in [-0.4, -0.2) is 60.0 Å². The second-order valence-corrected chi connectivity index (χ2v) is 8.39. The lowest BCUT2D eigenvalue weighted by Gasteiger charge is -2.34. The highest BCUT2D eigenvalue weighted by Gasteiger charge is 2.44. The molecule has 4 aliphatic rings. The lowest BCUT2D eigenvalue weighted by atomic mass is 9.86. The van der Waals surface area contributed by atoms with Gasteiger partial charge in [-0.1, -0.05) is 6.92 Å². The van der Waals surface area contributed by atoms with Crippen LogP contribution in [0.15, 0.2) is 18.3 Å². The van der Waals surface area contributed by atoms with Gasteiger partial charge < -0.3 is 25.0 Å². The molecule has 2 bridgehead atoms. The first kappa shape index (κ1) is 20.2. The van der Waals surface area contributed by atoms with Crippen molar-refractivity contribution in [1.29, 1.82) is 0 Å². The molecular weight excluding hydrogens is 406 g/mol. The van der Waals surface area contributed by atoms with Crippen LogP contribution in [-0.2, 0) is 4.74 Å². The van der Waals surface area contributed by atoms with Crippen molar-refractivity contribution in [2.24, 2.45) is 5.92 Å². The Bertz CT molecular complexity index is 955. The van der Waals surface area contributed by atoms with E-state index in [-0.39, 0.29) is 17.7 Å². The first-order chi connectivity index (χ1) is 15.0. The summed E-state index contributed by atoms with van der Waals surface area (Å²) in [5.74, 6) is 1.94. The summed E-state index contributed by atoms with van der Waals surface area (Å²) < 4.78 is 35.9. The first-order valence-corrected chi connectivity index (χ1v) is 10.7. The van der Waals surface area contributed by atoms with Crippen molar-refractivity contribution in [2.45, 2.75) is 44.9 Å². The molecule has 0 amide bonds. The van der Waals surface area contributed by atoms with Crippen LogP contribution in [0.4, 0.5) is 26.4 Å². The van der Waals surface area contributed by atoms with E-state index in [4.69, 9.17) is 20.4 Å². The Morgan fingerprint density at radius 3 is 2.81 bits per heavy atom. The molecule has 0 unspecified atom stereocenters. The van der Waals surface area contributed by atoms with Gasteiger partial charge in [-0.3, -0.25) is 0 Å². The topological polar surface area (TPSA) is 89.6 Å². The monoisotopic (exact) mass is 432 g/mol. The highest BCUT2D eigenvalue weighted by molar-refractivity contribution is 5.68. The second-order valence-electron chi connectivity index (χ2n) is 8.39. The Hall–Kier alpha value is -2.75. The highest BCUT2D eigenvalue weighted by Crippen LogP contribution is 2.43. The SMILES string of the molecule is CC[C@H]1CN(c2cc(-c3cnc(N)c(OC(F)F)c3)nc(N3CC4CC3C4)n2)CCO1. The minimum absolute atomic E-state index is 0.0853. The molecule has 2 aromatic rings. The maximum Gasteiger partial charge on any atom is 0.387 e. The minimum Gasteiger partial charge on any atom is -0.431 e. The smallest absolute Gasteiger partial charge is 0.387 e. The van der Waals surface area contributed by atoms with Crippen LogP contribution in [0.1, 0.15) is 26.2 Å². The van der Waals surface area contributed by atoms with Gasteiger partial charge in [0.1, 0.15) is 5.82 Å². The van der Waals surface area contributed by atoms with Gasteiger partial charge in [-0.15, -0.1) is 0 Å². The summed E-state index contributed by atoms with van der Waals surface area (Å²) in [7, 11) is 0. The molecule has 2 N–H and O–H groups in total. The van der Waals surface area contributed by atoms with E-state index < -0.39 is 6.61 Å². The fourth-order valence-corrected chi connectivity index (χ4v) is 4.60. The second kappa shape index (κ2) is 8.07. The number of rotatable bonds is 6. The number of ether oxygens (including phenoxy) is 2. The Labute approximate surface area is 179 Å². The number of alkyl halides is 2. The van der Waals surface area contributed by atoms with Crippen molar-refractivity contribution in [3.8, 4) is 17.0 Å². The van der Waals surface area contributed by atoms with Gasteiger partial charge in [-0.25, -0.2) is 9.97 Å². The molecule has 8 nitrogen and oxygen atoms in total. The van der Waals surface area contributed by atoms with Crippen LogP contribution < -0.4 is 20.3 Å². The molecule has 3 saturated heterocycles. The lowest BCUT2D eigenvalue weighted by molar-refractivity contribution is -0.0494. The number of pyridine rings is 1. The van der Waals surface area contributed by atoms with E-state index in [9.17, 15) is 8.78 Å². The van der Waals surface area contributed by atoms with E-state index in [0.717, 1.165) is 31.9 Å². The maximum atomic E-state index is 12.8. The summed E-state index contributed by atoms with van der Waals surface area (Å²) in [6, 6.07) is 3.81. The molecule has 3 aliphatic heterocycles. The van der Waals surface area contributed by atoms with Crippen LogP contribution in [0, 0.1) is 5.92 Å². The molecule has 0 spiro atoms. The van der Waals surface area contributed by atoms with Crippen LogP contribution >= 0.6 is 0 Å². The molecule has 1 aliphatic carbocycles. The molecule has 2 aromatic heterocycles. The zero-order chi connectivity index (χ0) is 21.5. The summed E-state index contributed by atoms with van der Waals surface area (Å²) in [4.78, 5) is 18.2. The molecule has 6 rings (SSSR count). The number of nitrogens with zero attached hydrogens (tertiary/aromatic N) is 5. The van der Waals surface area contributed by atoms with Crippen molar-refractivity contribution in [3.05, 3.63) is 18.3 Å². The van der Waals surface area contributed by atoms with Crippen LogP contribution in [0.3, 0.4) is 0 Å². The van der Waals surface area contributed by atoms with E-state index in [1.165, 1.54) is 25.1 Å². The van der Waals surface area contributed by atoms with E-state index in [0.29, 0.717) is 35.8 Å². The maximum absolute atomic E-state index is 12.8. The normalized spacial score (nSPS) is 25.1. The number of aromatic nitrogens is 3. The van der Waals surface area contributed by atoms with Crippen LogP contribution in [0.2, 0.25) is 0 Å². The number of fused-ring (bicyclic) bond motifs is 1. The summed E-state index contributed by atoms with van der Waals surface area (Å²) in [6.07, 6.45) is 4.96. The predicted octanol–water partition coefficient (Wildman–Crippen LogP) is 2.94. The van der Waals surface area contributed by atoms with Crippen molar-refractivity contribution in [1.82, 2.24) is 15.0 Å². The quantitative estimate of drug-likeness (QED) is 0.745. The average Bonchev–Trinajstić information content (AvgIpc) is 3.36. The Morgan fingerprint density at radius 2 is 2.10 bits per heavy atom. The lowest BCUT2D eigenvalue weighted by Crippen LogP contribution is -2.43. The molecule has 0 radical (unpaired) electrons. The number of halogens is 2. The fraction of sp³-hybridized carbons (Fsp3) is 0.571. The summed E-state index contributed by atoms with van der Waals surface area (Å²) in [5, 5.41) is 0. The number of anilines is 3. The standard InChI is InChI=1S/C21H26F2N6O2/c1-2-15-11-28(3-4-30-15)18-8-16(13-7-17(31-20(22)23)19(24)25-9-13)26-21(27-18)29-10-12-5-14(29)6-12/h7-9,12,14-15,20H,2-6,10-11H2,1H3,(H2,24,25)/t12?,14?,15-/m0/s1. The van der Waals surface area contributed by atoms with Gasteiger partial charge in [0, 0.05) is 43.5 Å². The van der Waals surface area contributed by atoms with Crippen LogP contribution in [0.25, 0.3) is 11.3 Å². The van der Waals surface area contributed by atoms with Crippen molar-refractivity contribution in [2.75, 3.05) is 41.8 Å². The molecule has 1 atom stereocenters. The Kier molecular flexibility index (Phi) is 5.25. The minimum atomic E-state index is -2.98. The highest BCUT2D eigenvalue weighted by atomic mass is 19.3. The molecule has 4 fully saturated rings. The van der Waals surface area contributed by atoms with Crippen molar-refractivity contribution < 1.29 is 18.3 Å². The zero-order valence-corrected chi connectivity index (χ0v) is 17.4. The first-order valence-electron chi connectivity index (χ1n) is 10.7. The fourth-order valence-electron chi connectivity index (χ4n) is 4.60. The summed E-state index contributed by atoms with van der Waals surface area (Å²) >= 11 is 0. The van der Waals surface area contributed by atoms with Crippen LogP contribution in [0.5, 0.6) is 5.75 Å². The largest absolute Gasteiger partial charge is 0.431 e. The van der Waals surface area contributed by atoms with E-state index >= 15 is 0 Å². The number of morpholine rings is 1. The van der Waals surface area contributed by atoms with Gasteiger partial charge in [0.15, 0.2) is 11.6 Å².